The van der Waals surface area contributed by atoms with Crippen LogP contribution in [0.3, 0.4) is 0 Å². The van der Waals surface area contributed by atoms with Crippen molar-refractivity contribution in [2.45, 2.75) is 12.6 Å². The van der Waals surface area contributed by atoms with Crippen molar-refractivity contribution in [3.8, 4) is 5.75 Å². The van der Waals surface area contributed by atoms with Crippen LogP contribution in [0, 0.1) is 0 Å². The number of imide groups is 2. The molecule has 3 aromatic carbocycles. The Morgan fingerprint density at radius 1 is 0.794 bits per heavy atom. The first-order valence-electron chi connectivity index (χ1n) is 10.8. The molecule has 5 amide bonds. The number of urea groups is 1. The first kappa shape index (κ1) is 21.4. The number of amides is 5. The number of fused-ring (bicyclic) bond motifs is 1. The average Bonchev–Trinajstić information content (AvgIpc) is 3.07. The maximum atomic E-state index is 13.6. The first-order valence-corrected chi connectivity index (χ1v) is 10.8. The quantitative estimate of drug-likeness (QED) is 0.436. The fraction of sp³-hybridized carbons (Fsp3) is 0.154. The summed E-state index contributed by atoms with van der Waals surface area (Å²) in [5.74, 6) is -1.90. The maximum absolute atomic E-state index is 13.6. The summed E-state index contributed by atoms with van der Waals surface area (Å²) >= 11 is 0. The van der Waals surface area contributed by atoms with Gasteiger partial charge in [0.1, 0.15) is 18.9 Å². The molecule has 2 aliphatic heterocycles. The van der Waals surface area contributed by atoms with E-state index < -0.39 is 36.3 Å². The summed E-state index contributed by atoms with van der Waals surface area (Å²) in [5.41, 5.74) is 2.10. The van der Waals surface area contributed by atoms with Crippen LogP contribution >= 0.6 is 0 Å². The highest BCUT2D eigenvalue weighted by Gasteiger charge is 2.46. The molecule has 34 heavy (non-hydrogen) atoms. The third-order valence-corrected chi connectivity index (χ3v) is 5.90. The highest BCUT2D eigenvalue weighted by atomic mass is 16.5. The van der Waals surface area contributed by atoms with E-state index in [2.05, 4.69) is 0 Å². The second-order valence-corrected chi connectivity index (χ2v) is 8.02. The standard InChI is InChI=1S/C26H21N3O5/c30-23(16-28-25(32)24(31)27(26(28)33)15-18-9-3-1-4-10-18)29-20-13-7-8-14-22(20)34-17-21(29)19-11-5-2-6-12-19/h1-14,21H,15-17H2. The lowest BCUT2D eigenvalue weighted by atomic mass is 10.0. The van der Waals surface area contributed by atoms with E-state index in [4.69, 9.17) is 4.74 Å². The number of nitrogens with zero attached hydrogens (tertiary/aromatic N) is 3. The molecule has 2 heterocycles. The zero-order chi connectivity index (χ0) is 23.7. The van der Waals surface area contributed by atoms with Crippen molar-refractivity contribution in [1.82, 2.24) is 9.80 Å². The average molecular weight is 455 g/mol. The second-order valence-electron chi connectivity index (χ2n) is 8.02. The minimum absolute atomic E-state index is 0.0397. The lowest BCUT2D eigenvalue weighted by Gasteiger charge is -2.37. The number of hydrogen-bond acceptors (Lipinski definition) is 5. The predicted octanol–water partition coefficient (Wildman–Crippen LogP) is 3.14. The van der Waals surface area contributed by atoms with Crippen LogP contribution in [-0.2, 0) is 20.9 Å². The molecule has 3 aromatic rings. The van der Waals surface area contributed by atoms with Crippen LogP contribution in [0.2, 0.25) is 0 Å². The molecule has 8 heteroatoms. The monoisotopic (exact) mass is 455 g/mol. The summed E-state index contributed by atoms with van der Waals surface area (Å²) in [6.45, 7) is -0.373. The molecule has 0 aromatic heterocycles. The van der Waals surface area contributed by atoms with E-state index in [0.29, 0.717) is 21.9 Å². The normalized spacial score (nSPS) is 17.6. The third-order valence-electron chi connectivity index (χ3n) is 5.90. The van der Waals surface area contributed by atoms with Crippen LogP contribution in [0.1, 0.15) is 17.2 Å². The van der Waals surface area contributed by atoms with Crippen molar-refractivity contribution in [2.75, 3.05) is 18.1 Å². The molecule has 8 nitrogen and oxygen atoms in total. The number of anilines is 1. The van der Waals surface area contributed by atoms with Crippen LogP contribution < -0.4 is 9.64 Å². The highest BCUT2D eigenvalue weighted by Crippen LogP contribution is 2.39. The van der Waals surface area contributed by atoms with Gasteiger partial charge in [-0.05, 0) is 23.3 Å². The fourth-order valence-corrected chi connectivity index (χ4v) is 4.22. The van der Waals surface area contributed by atoms with Crippen molar-refractivity contribution in [3.05, 3.63) is 96.1 Å². The summed E-state index contributed by atoms with van der Waals surface area (Å²) in [7, 11) is 0. The van der Waals surface area contributed by atoms with Gasteiger partial charge in [0.2, 0.25) is 5.91 Å². The predicted molar refractivity (Wildman–Crippen MR) is 123 cm³/mol. The Morgan fingerprint density at radius 3 is 2.15 bits per heavy atom. The molecule has 1 unspecified atom stereocenters. The van der Waals surface area contributed by atoms with Crippen LogP contribution in [0.25, 0.3) is 0 Å². The van der Waals surface area contributed by atoms with Crippen LogP contribution in [0.4, 0.5) is 10.5 Å². The number of para-hydroxylation sites is 2. The maximum Gasteiger partial charge on any atom is 0.335 e. The van der Waals surface area contributed by atoms with Crippen LogP contribution in [-0.4, -0.2) is 46.7 Å². The van der Waals surface area contributed by atoms with Gasteiger partial charge in [-0.1, -0.05) is 72.8 Å². The van der Waals surface area contributed by atoms with E-state index in [-0.39, 0.29) is 13.2 Å². The Balaban J connectivity index is 1.42. The van der Waals surface area contributed by atoms with E-state index in [1.54, 1.807) is 53.4 Å². The SMILES string of the molecule is O=C1C(=O)N(Cc2ccccc2)C(=O)N1CC(=O)N1c2ccccc2OCC1c1ccccc1. The minimum atomic E-state index is -1.01. The molecule has 1 fully saturated rings. The first-order chi connectivity index (χ1) is 16.5. The van der Waals surface area contributed by atoms with E-state index in [1.807, 2.05) is 36.4 Å². The largest absolute Gasteiger partial charge is 0.489 e. The Kier molecular flexibility index (Phi) is 5.55. The van der Waals surface area contributed by atoms with Gasteiger partial charge in [0.05, 0.1) is 18.3 Å². The van der Waals surface area contributed by atoms with Crippen molar-refractivity contribution in [2.24, 2.45) is 0 Å². The van der Waals surface area contributed by atoms with E-state index in [9.17, 15) is 19.2 Å². The third kappa shape index (κ3) is 3.79. The number of rotatable bonds is 5. The van der Waals surface area contributed by atoms with Crippen molar-refractivity contribution in [1.29, 1.82) is 0 Å². The molecule has 0 radical (unpaired) electrons. The molecule has 0 aliphatic carbocycles. The Labute approximate surface area is 195 Å². The fourth-order valence-electron chi connectivity index (χ4n) is 4.22. The molecule has 0 N–H and O–H groups in total. The van der Waals surface area contributed by atoms with Crippen molar-refractivity contribution < 1.29 is 23.9 Å². The second kappa shape index (κ2) is 8.82. The number of carbonyl (C=O) groups is 4. The van der Waals surface area contributed by atoms with Crippen LogP contribution in [0.15, 0.2) is 84.9 Å². The summed E-state index contributed by atoms with van der Waals surface area (Å²) < 4.78 is 5.88. The van der Waals surface area contributed by atoms with Gasteiger partial charge in [0.15, 0.2) is 0 Å². The highest BCUT2D eigenvalue weighted by molar-refractivity contribution is 6.45. The molecular weight excluding hydrogens is 434 g/mol. The molecule has 1 atom stereocenters. The molecule has 0 spiro atoms. The van der Waals surface area contributed by atoms with Gasteiger partial charge >= 0.3 is 17.8 Å². The minimum Gasteiger partial charge on any atom is -0.489 e. The molecule has 0 saturated carbocycles. The van der Waals surface area contributed by atoms with Gasteiger partial charge < -0.3 is 4.74 Å². The van der Waals surface area contributed by atoms with Gasteiger partial charge in [-0.3, -0.25) is 24.2 Å². The van der Waals surface area contributed by atoms with Gasteiger partial charge in [-0.25, -0.2) is 9.69 Å². The summed E-state index contributed by atoms with van der Waals surface area (Å²) in [6.07, 6.45) is 0. The molecule has 2 aliphatic rings. The molecule has 1 saturated heterocycles. The summed E-state index contributed by atoms with van der Waals surface area (Å²) in [6, 6.07) is 24.1. The van der Waals surface area contributed by atoms with Gasteiger partial charge in [0.25, 0.3) is 0 Å². The summed E-state index contributed by atoms with van der Waals surface area (Å²) in [4.78, 5) is 54.8. The molecule has 5 rings (SSSR count). The zero-order valence-electron chi connectivity index (χ0n) is 18.2. The van der Waals surface area contributed by atoms with Crippen molar-refractivity contribution >= 4 is 29.4 Å². The Morgan fingerprint density at radius 2 is 1.41 bits per heavy atom. The number of benzene rings is 3. The zero-order valence-corrected chi connectivity index (χ0v) is 18.2. The van der Waals surface area contributed by atoms with E-state index in [1.165, 1.54) is 0 Å². The summed E-state index contributed by atoms with van der Waals surface area (Å²) in [5, 5.41) is 0. The Hall–Kier alpha value is -4.46. The van der Waals surface area contributed by atoms with E-state index in [0.717, 1.165) is 10.5 Å². The topological polar surface area (TPSA) is 87.2 Å². The van der Waals surface area contributed by atoms with E-state index >= 15 is 0 Å². The van der Waals surface area contributed by atoms with Crippen molar-refractivity contribution in [3.63, 3.8) is 0 Å². The number of ether oxygens (including phenoxy) is 1. The number of carbonyl (C=O) groups excluding carboxylic acids is 4. The lowest BCUT2D eigenvalue weighted by Crippen LogP contribution is -2.47. The number of hydrogen-bond donors (Lipinski definition) is 0. The van der Waals surface area contributed by atoms with Gasteiger partial charge in [0, 0.05) is 0 Å². The lowest BCUT2D eigenvalue weighted by molar-refractivity contribution is -0.144. The van der Waals surface area contributed by atoms with Gasteiger partial charge in [-0.2, -0.15) is 0 Å². The Bertz CT molecular complexity index is 1260. The molecular formula is C26H21N3O5. The smallest absolute Gasteiger partial charge is 0.335 e. The van der Waals surface area contributed by atoms with Crippen LogP contribution in [0.5, 0.6) is 5.75 Å². The molecule has 0 bridgehead atoms. The van der Waals surface area contributed by atoms with Gasteiger partial charge in [-0.15, -0.1) is 0 Å². The molecule has 170 valence electrons.